The van der Waals surface area contributed by atoms with Crippen LogP contribution in [0.25, 0.3) is 0 Å². The normalized spacial score (nSPS) is 25.9. The lowest BCUT2D eigenvalue weighted by atomic mass is 9.85. The van der Waals surface area contributed by atoms with Crippen LogP contribution < -0.4 is 5.73 Å². The van der Waals surface area contributed by atoms with E-state index in [9.17, 15) is 0 Å². The SMILES string of the molecule is CC1(C)CCC/C(=C\CCN)CC1. The van der Waals surface area contributed by atoms with Crippen LogP contribution >= 0.6 is 0 Å². The average Bonchev–Trinajstić information content (AvgIpc) is 2.23. The van der Waals surface area contributed by atoms with Crippen molar-refractivity contribution in [3.05, 3.63) is 11.6 Å². The summed E-state index contributed by atoms with van der Waals surface area (Å²) in [5.74, 6) is 0. The maximum atomic E-state index is 5.49. The van der Waals surface area contributed by atoms with Crippen molar-refractivity contribution in [1.29, 1.82) is 0 Å². The zero-order valence-corrected chi connectivity index (χ0v) is 9.10. The van der Waals surface area contributed by atoms with E-state index >= 15 is 0 Å². The van der Waals surface area contributed by atoms with Gasteiger partial charge in [-0.3, -0.25) is 0 Å². The molecule has 1 fully saturated rings. The predicted octanol–water partition coefficient (Wildman–Crippen LogP) is 3.25. The minimum atomic E-state index is 0.568. The monoisotopic (exact) mass is 181 g/mol. The van der Waals surface area contributed by atoms with Crippen LogP contribution in [0.1, 0.15) is 52.4 Å². The van der Waals surface area contributed by atoms with Gasteiger partial charge in [0.2, 0.25) is 0 Å². The molecule has 0 spiro atoms. The summed E-state index contributed by atoms with van der Waals surface area (Å²) in [7, 11) is 0. The Morgan fingerprint density at radius 3 is 2.77 bits per heavy atom. The van der Waals surface area contributed by atoms with Gasteiger partial charge in [-0.05, 0) is 50.5 Å². The van der Waals surface area contributed by atoms with Crippen LogP contribution in [0, 0.1) is 5.41 Å². The molecule has 76 valence electrons. The molecule has 1 aliphatic carbocycles. The van der Waals surface area contributed by atoms with Gasteiger partial charge in [-0.15, -0.1) is 0 Å². The molecule has 1 heteroatoms. The van der Waals surface area contributed by atoms with Crippen LogP contribution in [0.15, 0.2) is 11.6 Å². The van der Waals surface area contributed by atoms with E-state index in [1.807, 2.05) is 0 Å². The molecular weight excluding hydrogens is 158 g/mol. The summed E-state index contributed by atoms with van der Waals surface area (Å²) in [5.41, 5.74) is 7.71. The minimum Gasteiger partial charge on any atom is -0.330 e. The van der Waals surface area contributed by atoms with Gasteiger partial charge in [0.25, 0.3) is 0 Å². The minimum absolute atomic E-state index is 0.568. The molecule has 1 saturated carbocycles. The molecule has 1 aliphatic rings. The summed E-state index contributed by atoms with van der Waals surface area (Å²) < 4.78 is 0. The molecule has 0 heterocycles. The molecule has 13 heavy (non-hydrogen) atoms. The quantitative estimate of drug-likeness (QED) is 0.513. The van der Waals surface area contributed by atoms with Gasteiger partial charge in [-0.25, -0.2) is 0 Å². The summed E-state index contributed by atoms with van der Waals surface area (Å²) in [6.07, 6.45) is 10.1. The van der Waals surface area contributed by atoms with E-state index in [4.69, 9.17) is 5.73 Å². The number of allylic oxidation sites excluding steroid dienone is 1. The zero-order chi connectivity index (χ0) is 9.73. The molecule has 0 amide bonds. The Labute approximate surface area is 82.4 Å². The maximum absolute atomic E-state index is 5.49. The highest BCUT2D eigenvalue weighted by Crippen LogP contribution is 2.35. The topological polar surface area (TPSA) is 26.0 Å². The van der Waals surface area contributed by atoms with Crippen LogP contribution in [0.2, 0.25) is 0 Å². The smallest absolute Gasteiger partial charge is 0.00425 e. The third-order valence-electron chi connectivity index (χ3n) is 3.07. The van der Waals surface area contributed by atoms with Crippen LogP contribution in [0.3, 0.4) is 0 Å². The first-order valence-electron chi connectivity index (χ1n) is 5.52. The van der Waals surface area contributed by atoms with Crippen molar-refractivity contribution < 1.29 is 0 Å². The van der Waals surface area contributed by atoms with Crippen molar-refractivity contribution in [2.24, 2.45) is 11.1 Å². The van der Waals surface area contributed by atoms with E-state index in [-0.39, 0.29) is 0 Å². The van der Waals surface area contributed by atoms with Crippen molar-refractivity contribution in [2.45, 2.75) is 52.4 Å². The molecule has 0 atom stereocenters. The average molecular weight is 181 g/mol. The van der Waals surface area contributed by atoms with E-state index in [1.54, 1.807) is 5.57 Å². The highest BCUT2D eigenvalue weighted by molar-refractivity contribution is 5.04. The first-order chi connectivity index (χ1) is 6.14. The largest absolute Gasteiger partial charge is 0.330 e. The van der Waals surface area contributed by atoms with Crippen LogP contribution in [-0.2, 0) is 0 Å². The van der Waals surface area contributed by atoms with Gasteiger partial charge in [0.1, 0.15) is 0 Å². The molecule has 0 bridgehead atoms. The first kappa shape index (κ1) is 10.8. The second-order valence-corrected chi connectivity index (χ2v) is 4.96. The molecule has 0 unspecified atom stereocenters. The van der Waals surface area contributed by atoms with E-state index in [1.165, 1.54) is 32.1 Å². The highest BCUT2D eigenvalue weighted by Gasteiger charge is 2.20. The number of nitrogens with two attached hydrogens (primary N) is 1. The second-order valence-electron chi connectivity index (χ2n) is 4.96. The van der Waals surface area contributed by atoms with Gasteiger partial charge < -0.3 is 5.73 Å². The number of hydrogen-bond donors (Lipinski definition) is 1. The standard InChI is InChI=1S/C12H23N/c1-12(2)8-3-5-11(7-9-12)6-4-10-13/h6H,3-5,7-10,13H2,1-2H3/b11-6+. The summed E-state index contributed by atoms with van der Waals surface area (Å²) in [4.78, 5) is 0. The van der Waals surface area contributed by atoms with E-state index in [0.717, 1.165) is 13.0 Å². The molecule has 1 rings (SSSR count). The maximum Gasteiger partial charge on any atom is -0.00425 e. The Balaban J connectivity index is 2.45. The molecular formula is C12H23N. The molecule has 0 aliphatic heterocycles. The van der Waals surface area contributed by atoms with Gasteiger partial charge in [-0.2, -0.15) is 0 Å². The Morgan fingerprint density at radius 2 is 2.08 bits per heavy atom. The Bertz CT molecular complexity index is 180. The zero-order valence-electron chi connectivity index (χ0n) is 9.10. The van der Waals surface area contributed by atoms with Crippen molar-refractivity contribution in [2.75, 3.05) is 6.54 Å². The fraction of sp³-hybridized carbons (Fsp3) is 0.833. The highest BCUT2D eigenvalue weighted by atomic mass is 14.5. The molecule has 0 aromatic rings. The van der Waals surface area contributed by atoms with Gasteiger partial charge in [0.05, 0.1) is 0 Å². The van der Waals surface area contributed by atoms with Gasteiger partial charge in [0, 0.05) is 0 Å². The Hall–Kier alpha value is -0.300. The van der Waals surface area contributed by atoms with Crippen molar-refractivity contribution in [3.8, 4) is 0 Å². The molecule has 0 saturated heterocycles. The summed E-state index contributed by atoms with van der Waals surface area (Å²) in [5, 5.41) is 0. The fourth-order valence-electron chi connectivity index (χ4n) is 2.03. The predicted molar refractivity (Wildman–Crippen MR) is 58.6 cm³/mol. The Morgan fingerprint density at radius 1 is 1.31 bits per heavy atom. The molecule has 0 aromatic heterocycles. The summed E-state index contributed by atoms with van der Waals surface area (Å²) >= 11 is 0. The number of hydrogen-bond acceptors (Lipinski definition) is 1. The summed E-state index contributed by atoms with van der Waals surface area (Å²) in [6, 6.07) is 0. The van der Waals surface area contributed by atoms with E-state index < -0.39 is 0 Å². The third-order valence-corrected chi connectivity index (χ3v) is 3.07. The Kier molecular flexibility index (Phi) is 3.98. The molecule has 0 aromatic carbocycles. The van der Waals surface area contributed by atoms with Crippen LogP contribution in [0.4, 0.5) is 0 Å². The van der Waals surface area contributed by atoms with Crippen molar-refractivity contribution >= 4 is 0 Å². The second kappa shape index (κ2) is 4.80. The first-order valence-corrected chi connectivity index (χ1v) is 5.52. The van der Waals surface area contributed by atoms with Gasteiger partial charge >= 0.3 is 0 Å². The fourth-order valence-corrected chi connectivity index (χ4v) is 2.03. The number of rotatable bonds is 2. The lowest BCUT2D eigenvalue weighted by molar-refractivity contribution is 0.316. The van der Waals surface area contributed by atoms with Crippen molar-refractivity contribution in [3.63, 3.8) is 0 Å². The van der Waals surface area contributed by atoms with Crippen molar-refractivity contribution in [1.82, 2.24) is 0 Å². The van der Waals surface area contributed by atoms with E-state index in [0.29, 0.717) is 5.41 Å². The summed E-state index contributed by atoms with van der Waals surface area (Å²) in [6.45, 7) is 5.57. The van der Waals surface area contributed by atoms with E-state index in [2.05, 4.69) is 19.9 Å². The third kappa shape index (κ3) is 3.95. The molecule has 0 radical (unpaired) electrons. The lowest BCUT2D eigenvalue weighted by Crippen LogP contribution is -2.08. The lowest BCUT2D eigenvalue weighted by Gasteiger charge is -2.21. The van der Waals surface area contributed by atoms with Gasteiger partial charge in [0.15, 0.2) is 0 Å². The van der Waals surface area contributed by atoms with Crippen LogP contribution in [-0.4, -0.2) is 6.54 Å². The van der Waals surface area contributed by atoms with Gasteiger partial charge in [-0.1, -0.05) is 25.5 Å². The molecule has 1 nitrogen and oxygen atoms in total. The molecule has 2 N–H and O–H groups in total. The van der Waals surface area contributed by atoms with Crippen LogP contribution in [0.5, 0.6) is 0 Å².